The van der Waals surface area contributed by atoms with Crippen molar-refractivity contribution in [3.63, 3.8) is 0 Å². The number of hydrogen-bond donors (Lipinski definition) is 0. The zero-order chi connectivity index (χ0) is 26.8. The second kappa shape index (κ2) is 17.1. The van der Waals surface area contributed by atoms with Gasteiger partial charge in [-0.3, -0.25) is 9.69 Å². The van der Waals surface area contributed by atoms with Crippen LogP contribution >= 0.6 is 0 Å². The van der Waals surface area contributed by atoms with Crippen molar-refractivity contribution in [3.05, 3.63) is 61.5 Å². The third kappa shape index (κ3) is 13.6. The summed E-state index contributed by atoms with van der Waals surface area (Å²) in [4.78, 5) is 69.8. The van der Waals surface area contributed by atoms with Crippen molar-refractivity contribution in [3.8, 4) is 0 Å². The molecule has 0 fully saturated rings. The molecule has 0 aromatic carbocycles. The molecule has 0 aromatic heterocycles. The maximum Gasteiger partial charge on any atom is 0.330 e. The van der Waals surface area contributed by atoms with Gasteiger partial charge in [0.15, 0.2) is 0 Å². The third-order valence-corrected chi connectivity index (χ3v) is 3.91. The molecule has 0 radical (unpaired) electrons. The predicted molar refractivity (Wildman–Crippen MR) is 115 cm³/mol. The molecular formula is C23H25NO11-2. The molecule has 12 heteroatoms. The monoisotopic (exact) mass is 491 g/mol. The van der Waals surface area contributed by atoms with E-state index in [4.69, 9.17) is 14.2 Å². The second-order valence-electron chi connectivity index (χ2n) is 6.40. The van der Waals surface area contributed by atoms with E-state index in [0.717, 1.165) is 30.6 Å². The van der Waals surface area contributed by atoms with Crippen LogP contribution in [0.1, 0.15) is 25.7 Å². The summed E-state index contributed by atoms with van der Waals surface area (Å²) in [6, 6.07) is 0. The summed E-state index contributed by atoms with van der Waals surface area (Å²) < 4.78 is 14.2. The molecule has 0 aliphatic rings. The molecule has 35 heavy (non-hydrogen) atoms. The lowest BCUT2D eigenvalue weighted by Crippen LogP contribution is -2.31. The minimum absolute atomic E-state index is 0.0196. The van der Waals surface area contributed by atoms with Crippen LogP contribution in [0.5, 0.6) is 0 Å². The minimum atomic E-state index is -1.71. The quantitative estimate of drug-likeness (QED) is 0.104. The summed E-state index contributed by atoms with van der Waals surface area (Å²) in [5.74, 6) is -6.52. The maximum atomic E-state index is 12.7. The van der Waals surface area contributed by atoms with E-state index >= 15 is 0 Å². The number of aliphatic carboxylic acids is 2. The molecule has 0 N–H and O–H groups in total. The highest BCUT2D eigenvalue weighted by atomic mass is 16.5. The Kier molecular flexibility index (Phi) is 14.9. The van der Waals surface area contributed by atoms with Crippen molar-refractivity contribution >= 4 is 35.8 Å². The van der Waals surface area contributed by atoms with Crippen molar-refractivity contribution in [1.29, 1.82) is 0 Å². The van der Waals surface area contributed by atoms with Gasteiger partial charge in [0, 0.05) is 49.9 Å². The molecule has 0 aromatic rings. The van der Waals surface area contributed by atoms with Gasteiger partial charge >= 0.3 is 17.9 Å². The molecule has 12 nitrogen and oxygen atoms in total. The van der Waals surface area contributed by atoms with Gasteiger partial charge in [-0.2, -0.15) is 0 Å². The Hall–Kier alpha value is -4.48. The Bertz CT molecular complexity index is 860. The predicted octanol–water partition coefficient (Wildman–Crippen LogP) is -1.17. The number of ether oxygens (including phenoxy) is 3. The van der Waals surface area contributed by atoms with E-state index in [2.05, 4.69) is 19.7 Å². The summed E-state index contributed by atoms with van der Waals surface area (Å²) in [6.45, 7) is 8.67. The lowest BCUT2D eigenvalue weighted by Gasteiger charge is -2.20. The first-order valence-corrected chi connectivity index (χ1v) is 10.1. The third-order valence-electron chi connectivity index (χ3n) is 3.91. The van der Waals surface area contributed by atoms with E-state index in [9.17, 15) is 39.0 Å². The van der Waals surface area contributed by atoms with Crippen LogP contribution in [0.15, 0.2) is 61.5 Å². The molecule has 0 bridgehead atoms. The van der Waals surface area contributed by atoms with Crippen LogP contribution in [0.4, 0.5) is 0 Å². The lowest BCUT2D eigenvalue weighted by molar-refractivity contribution is -0.300. The Morgan fingerprint density at radius 2 is 1.00 bits per heavy atom. The number of carboxylic acids is 2. The molecule has 0 aliphatic carbocycles. The first-order chi connectivity index (χ1) is 16.5. The molecule has 1 amide bonds. The average molecular weight is 491 g/mol. The van der Waals surface area contributed by atoms with Crippen LogP contribution in [-0.2, 0) is 43.0 Å². The van der Waals surface area contributed by atoms with Crippen molar-refractivity contribution in [1.82, 2.24) is 4.90 Å². The van der Waals surface area contributed by atoms with Crippen LogP contribution < -0.4 is 10.2 Å². The average Bonchev–Trinajstić information content (AvgIpc) is 2.83. The van der Waals surface area contributed by atoms with Crippen LogP contribution in [-0.4, -0.2) is 60.5 Å². The number of nitrogens with zero attached hydrogens (tertiary/aromatic N) is 1. The van der Waals surface area contributed by atoms with Gasteiger partial charge in [-0.25, -0.2) is 14.4 Å². The van der Waals surface area contributed by atoms with Gasteiger partial charge in [0.25, 0.3) is 0 Å². The van der Waals surface area contributed by atoms with Crippen LogP contribution in [0, 0.1) is 0 Å². The highest BCUT2D eigenvalue weighted by Gasteiger charge is 2.14. The molecule has 0 saturated carbocycles. The molecule has 0 spiro atoms. The Balaban J connectivity index is 5.81. The number of carbonyl (C=O) groups excluding carboxylic acids is 6. The molecular weight excluding hydrogens is 466 g/mol. The highest BCUT2D eigenvalue weighted by molar-refractivity contribution is 5.89. The van der Waals surface area contributed by atoms with E-state index in [0.29, 0.717) is 4.90 Å². The minimum Gasteiger partial charge on any atom is -0.545 e. The van der Waals surface area contributed by atoms with Crippen molar-refractivity contribution in [2.45, 2.75) is 25.7 Å². The maximum absolute atomic E-state index is 12.7. The largest absolute Gasteiger partial charge is 0.545 e. The second-order valence-corrected chi connectivity index (χ2v) is 6.40. The van der Waals surface area contributed by atoms with Gasteiger partial charge in [-0.15, -0.1) is 0 Å². The van der Waals surface area contributed by atoms with Crippen molar-refractivity contribution in [2.75, 3.05) is 19.8 Å². The summed E-state index contributed by atoms with van der Waals surface area (Å²) in [6.07, 6.45) is 3.23. The molecule has 0 saturated heterocycles. The fraction of sp³-hybridized carbons (Fsp3) is 0.304. The van der Waals surface area contributed by atoms with E-state index in [1.807, 2.05) is 0 Å². The van der Waals surface area contributed by atoms with Gasteiger partial charge in [-0.1, -0.05) is 19.7 Å². The van der Waals surface area contributed by atoms with E-state index in [-0.39, 0.29) is 32.3 Å². The summed E-state index contributed by atoms with van der Waals surface area (Å²) >= 11 is 0. The van der Waals surface area contributed by atoms with Crippen LogP contribution in [0.3, 0.4) is 0 Å². The van der Waals surface area contributed by atoms with Gasteiger partial charge < -0.3 is 34.0 Å². The van der Waals surface area contributed by atoms with Gasteiger partial charge in [0.1, 0.15) is 0 Å². The van der Waals surface area contributed by atoms with Crippen molar-refractivity contribution < 1.29 is 53.2 Å². The standard InChI is InChI=1S/C23H27NO11/c1-4-19(26)33-11-7-8-18(25)24(14-16(22(29)30)9-12-34-20(27)5-2)15-17(23(31)32)10-13-35-21(28)6-3/h4-6,14-15H,1-3,7-13H2,(H,29,30)(H,31,32)/p-2/b16-14-,17-15+. The Morgan fingerprint density at radius 3 is 1.34 bits per heavy atom. The van der Waals surface area contributed by atoms with E-state index < -0.39 is 60.1 Å². The summed E-state index contributed by atoms with van der Waals surface area (Å²) in [7, 11) is 0. The van der Waals surface area contributed by atoms with Gasteiger partial charge in [-0.05, 0) is 17.6 Å². The zero-order valence-corrected chi connectivity index (χ0v) is 18.9. The Morgan fingerprint density at radius 1 is 0.629 bits per heavy atom. The van der Waals surface area contributed by atoms with Crippen LogP contribution in [0.25, 0.3) is 0 Å². The van der Waals surface area contributed by atoms with Gasteiger partial charge in [0.05, 0.1) is 31.8 Å². The van der Waals surface area contributed by atoms with Gasteiger partial charge in [0.2, 0.25) is 5.91 Å². The molecule has 0 aliphatic heterocycles. The first kappa shape index (κ1) is 30.5. The fourth-order valence-electron chi connectivity index (χ4n) is 2.18. The fourth-order valence-corrected chi connectivity index (χ4v) is 2.18. The van der Waals surface area contributed by atoms with E-state index in [1.54, 1.807) is 0 Å². The zero-order valence-electron chi connectivity index (χ0n) is 18.9. The SMILES string of the molecule is C=CC(=O)OCCCC(=O)N(/C=C(/CCOC(=O)C=C)C(=O)[O-])/C=C(\CCOC(=O)C=C)C(=O)[O-]. The molecule has 0 rings (SSSR count). The summed E-state index contributed by atoms with van der Waals surface area (Å²) in [5, 5.41) is 23.0. The summed E-state index contributed by atoms with van der Waals surface area (Å²) in [5.41, 5.74) is -0.999. The van der Waals surface area contributed by atoms with Crippen LogP contribution in [0.2, 0.25) is 0 Å². The molecule has 190 valence electrons. The first-order valence-electron chi connectivity index (χ1n) is 10.1. The number of rotatable bonds is 17. The number of esters is 3. The molecule has 0 unspecified atom stereocenters. The number of amides is 1. The number of hydrogen-bond acceptors (Lipinski definition) is 11. The van der Waals surface area contributed by atoms with Crippen molar-refractivity contribution in [2.24, 2.45) is 0 Å². The smallest absolute Gasteiger partial charge is 0.330 e. The number of carbonyl (C=O) groups is 6. The molecule has 0 atom stereocenters. The topological polar surface area (TPSA) is 179 Å². The molecule has 0 heterocycles. The number of carboxylic acid groups (broad SMARTS) is 2. The highest BCUT2D eigenvalue weighted by Crippen LogP contribution is 2.12. The lowest BCUT2D eigenvalue weighted by atomic mass is 10.1. The van der Waals surface area contributed by atoms with E-state index in [1.165, 1.54) is 0 Å². The normalized spacial score (nSPS) is 11.0. The Labute approximate surface area is 201 Å².